The molecule has 0 radical (unpaired) electrons. The van der Waals surface area contributed by atoms with Crippen LogP contribution in [0.2, 0.25) is 0 Å². The van der Waals surface area contributed by atoms with Gasteiger partial charge in [-0.25, -0.2) is 0 Å². The number of amidine groups is 1. The average molecular weight is 255 g/mol. The molecule has 1 aromatic rings. The van der Waals surface area contributed by atoms with E-state index in [1.54, 1.807) is 0 Å². The molecule has 3 nitrogen and oxygen atoms in total. The molecule has 0 saturated heterocycles. The van der Waals surface area contributed by atoms with Crippen LogP contribution in [0.3, 0.4) is 0 Å². The quantitative estimate of drug-likeness (QED) is 0.559. The van der Waals surface area contributed by atoms with E-state index in [4.69, 9.17) is 11.1 Å². The largest absolute Gasteiger partial charge is 0.416 e. The molecule has 16 heavy (non-hydrogen) atoms. The predicted molar refractivity (Wildman–Crippen MR) is 55.6 cm³/mol. The number of halogens is 4. The van der Waals surface area contributed by atoms with Gasteiger partial charge in [-0.05, 0) is 17.7 Å². The first-order valence-electron chi connectivity index (χ1n) is 4.01. The van der Waals surface area contributed by atoms with Gasteiger partial charge in [0, 0.05) is 0 Å². The van der Waals surface area contributed by atoms with Crippen LogP contribution in [0.15, 0.2) is 24.3 Å². The lowest BCUT2D eigenvalue weighted by molar-refractivity contribution is -0.137. The second kappa shape index (κ2) is 5.18. The van der Waals surface area contributed by atoms with Gasteiger partial charge >= 0.3 is 6.18 Å². The number of aliphatic hydroxyl groups is 1. The molecule has 1 rings (SSSR count). The van der Waals surface area contributed by atoms with Crippen LogP contribution in [0.1, 0.15) is 17.2 Å². The van der Waals surface area contributed by atoms with E-state index in [0.29, 0.717) is 0 Å². The van der Waals surface area contributed by atoms with Crippen LogP contribution in [0, 0.1) is 5.41 Å². The van der Waals surface area contributed by atoms with E-state index in [-0.39, 0.29) is 18.0 Å². The molecule has 0 aliphatic carbocycles. The smallest absolute Gasteiger partial charge is 0.385 e. The van der Waals surface area contributed by atoms with Crippen LogP contribution in [0.4, 0.5) is 13.2 Å². The molecule has 1 aromatic carbocycles. The fourth-order valence-electron chi connectivity index (χ4n) is 1.06. The highest BCUT2D eigenvalue weighted by Gasteiger charge is 2.30. The first-order chi connectivity index (χ1) is 6.82. The van der Waals surface area contributed by atoms with Gasteiger partial charge in [0.1, 0.15) is 11.9 Å². The number of hydrogen-bond acceptors (Lipinski definition) is 2. The minimum Gasteiger partial charge on any atom is -0.385 e. The SMILES string of the molecule is Cl.N=C(N)C(O)c1cccc(C(F)(F)F)c1. The molecule has 0 bridgehead atoms. The lowest BCUT2D eigenvalue weighted by atomic mass is 10.1. The lowest BCUT2D eigenvalue weighted by Crippen LogP contribution is -2.20. The number of nitrogens with two attached hydrogens (primary N) is 1. The summed E-state index contributed by atoms with van der Waals surface area (Å²) in [6.07, 6.45) is -5.96. The van der Waals surface area contributed by atoms with Crippen molar-refractivity contribution in [3.05, 3.63) is 35.4 Å². The Kier molecular flexibility index (Phi) is 4.77. The molecule has 0 aliphatic rings. The van der Waals surface area contributed by atoms with E-state index >= 15 is 0 Å². The maximum absolute atomic E-state index is 12.3. The molecule has 0 amide bonds. The van der Waals surface area contributed by atoms with E-state index in [2.05, 4.69) is 0 Å². The summed E-state index contributed by atoms with van der Waals surface area (Å²) >= 11 is 0. The van der Waals surface area contributed by atoms with Crippen molar-refractivity contribution in [2.45, 2.75) is 12.3 Å². The Balaban J connectivity index is 0.00000225. The molecular formula is C9H10ClF3N2O. The van der Waals surface area contributed by atoms with Crippen molar-refractivity contribution in [1.29, 1.82) is 5.41 Å². The van der Waals surface area contributed by atoms with Crippen molar-refractivity contribution < 1.29 is 18.3 Å². The fourth-order valence-corrected chi connectivity index (χ4v) is 1.06. The van der Waals surface area contributed by atoms with Gasteiger partial charge in [-0.15, -0.1) is 12.4 Å². The molecule has 0 saturated carbocycles. The highest BCUT2D eigenvalue weighted by molar-refractivity contribution is 5.85. The molecule has 90 valence electrons. The van der Waals surface area contributed by atoms with E-state index in [9.17, 15) is 18.3 Å². The molecule has 1 atom stereocenters. The molecule has 7 heteroatoms. The Morgan fingerprint density at radius 2 is 1.94 bits per heavy atom. The molecule has 0 fully saturated rings. The number of alkyl halides is 3. The van der Waals surface area contributed by atoms with Crippen LogP contribution < -0.4 is 5.73 Å². The van der Waals surface area contributed by atoms with E-state index in [1.165, 1.54) is 6.07 Å². The Hall–Kier alpha value is -1.27. The van der Waals surface area contributed by atoms with Crippen molar-refractivity contribution in [3.63, 3.8) is 0 Å². The number of aliphatic hydroxyl groups excluding tert-OH is 1. The molecule has 0 aliphatic heterocycles. The van der Waals surface area contributed by atoms with Gasteiger partial charge in [0.15, 0.2) is 0 Å². The van der Waals surface area contributed by atoms with Crippen LogP contribution >= 0.6 is 12.4 Å². The second-order valence-corrected chi connectivity index (χ2v) is 2.98. The van der Waals surface area contributed by atoms with Gasteiger partial charge in [0.2, 0.25) is 0 Å². The summed E-state index contributed by atoms with van der Waals surface area (Å²) in [6.45, 7) is 0. The Labute approximate surface area is 96.0 Å². The third-order valence-electron chi connectivity index (χ3n) is 1.82. The first kappa shape index (κ1) is 14.7. The summed E-state index contributed by atoms with van der Waals surface area (Å²) in [5.74, 6) is -0.589. The zero-order chi connectivity index (χ0) is 11.6. The average Bonchev–Trinajstić information content (AvgIpc) is 2.15. The van der Waals surface area contributed by atoms with Crippen LogP contribution in [0.25, 0.3) is 0 Å². The van der Waals surface area contributed by atoms with E-state index in [0.717, 1.165) is 18.2 Å². The number of rotatable bonds is 2. The molecule has 0 aromatic heterocycles. The zero-order valence-electron chi connectivity index (χ0n) is 7.95. The monoisotopic (exact) mass is 254 g/mol. The normalized spacial score (nSPS) is 12.8. The van der Waals surface area contributed by atoms with Gasteiger partial charge in [-0.2, -0.15) is 13.2 Å². The third-order valence-corrected chi connectivity index (χ3v) is 1.82. The van der Waals surface area contributed by atoms with Gasteiger partial charge in [-0.3, -0.25) is 5.41 Å². The van der Waals surface area contributed by atoms with Crippen LogP contribution in [0.5, 0.6) is 0 Å². The van der Waals surface area contributed by atoms with Crippen LogP contribution in [-0.2, 0) is 6.18 Å². The zero-order valence-corrected chi connectivity index (χ0v) is 8.77. The lowest BCUT2D eigenvalue weighted by Gasteiger charge is -2.12. The Morgan fingerprint density at radius 3 is 2.38 bits per heavy atom. The second-order valence-electron chi connectivity index (χ2n) is 2.98. The number of hydrogen-bond donors (Lipinski definition) is 3. The third kappa shape index (κ3) is 3.39. The van der Waals surface area contributed by atoms with Gasteiger partial charge < -0.3 is 10.8 Å². The number of benzene rings is 1. The van der Waals surface area contributed by atoms with Crippen molar-refractivity contribution in [3.8, 4) is 0 Å². The van der Waals surface area contributed by atoms with Gasteiger partial charge in [0.25, 0.3) is 0 Å². The summed E-state index contributed by atoms with van der Waals surface area (Å²) in [5, 5.41) is 16.2. The van der Waals surface area contributed by atoms with E-state index in [1.807, 2.05) is 0 Å². The minimum absolute atomic E-state index is 0. The van der Waals surface area contributed by atoms with Gasteiger partial charge in [-0.1, -0.05) is 12.1 Å². The molecular weight excluding hydrogens is 245 g/mol. The van der Waals surface area contributed by atoms with E-state index < -0.39 is 23.7 Å². The Bertz CT molecular complexity index is 381. The number of nitrogens with one attached hydrogen (secondary N) is 1. The van der Waals surface area contributed by atoms with Crippen molar-refractivity contribution in [2.75, 3.05) is 0 Å². The van der Waals surface area contributed by atoms with Crippen molar-refractivity contribution in [1.82, 2.24) is 0 Å². The van der Waals surface area contributed by atoms with Gasteiger partial charge in [0.05, 0.1) is 5.56 Å². The summed E-state index contributed by atoms with van der Waals surface area (Å²) < 4.78 is 36.8. The molecule has 4 N–H and O–H groups in total. The maximum atomic E-state index is 12.3. The highest BCUT2D eigenvalue weighted by Crippen LogP contribution is 2.30. The molecule has 0 spiro atoms. The topological polar surface area (TPSA) is 70.1 Å². The molecule has 1 unspecified atom stereocenters. The van der Waals surface area contributed by atoms with Crippen LogP contribution in [-0.4, -0.2) is 10.9 Å². The summed E-state index contributed by atoms with van der Waals surface area (Å²) in [6, 6.07) is 4.09. The van der Waals surface area contributed by atoms with Crippen molar-refractivity contribution in [2.24, 2.45) is 5.73 Å². The maximum Gasteiger partial charge on any atom is 0.416 e. The predicted octanol–water partition coefficient (Wildman–Crippen LogP) is 2.10. The fraction of sp³-hybridized carbons (Fsp3) is 0.222. The highest BCUT2D eigenvalue weighted by atomic mass is 35.5. The summed E-state index contributed by atoms with van der Waals surface area (Å²) in [4.78, 5) is 0. The minimum atomic E-state index is -4.47. The standard InChI is InChI=1S/C9H9F3N2O.ClH/c10-9(11,12)6-3-1-2-5(4-6)7(15)8(13)14;/h1-4,7,15H,(H3,13,14);1H. The summed E-state index contributed by atoms with van der Waals surface area (Å²) in [7, 11) is 0. The first-order valence-corrected chi connectivity index (χ1v) is 4.01. The summed E-state index contributed by atoms with van der Waals surface area (Å²) in [5.41, 5.74) is 4.06. The molecule has 0 heterocycles. The van der Waals surface area contributed by atoms with Crippen molar-refractivity contribution >= 4 is 18.2 Å². The Morgan fingerprint density at radius 1 is 1.38 bits per heavy atom.